The molecular formula is C28H28N2O7. The molecule has 1 aliphatic carbocycles. The summed E-state index contributed by atoms with van der Waals surface area (Å²) in [6.07, 6.45) is 0.729. The number of ether oxygens (including phenoxy) is 3. The highest BCUT2D eigenvalue weighted by atomic mass is 16.7. The maximum absolute atomic E-state index is 13.7. The summed E-state index contributed by atoms with van der Waals surface area (Å²) in [6, 6.07) is 12.5. The zero-order valence-electron chi connectivity index (χ0n) is 20.7. The molecule has 37 heavy (non-hydrogen) atoms. The van der Waals surface area contributed by atoms with Gasteiger partial charge in [0.1, 0.15) is 5.92 Å². The van der Waals surface area contributed by atoms with Gasteiger partial charge < -0.3 is 19.5 Å². The molecule has 0 radical (unpaired) electrons. The molecule has 3 aliphatic rings. The molecule has 0 saturated carbocycles. The quantitative estimate of drug-likeness (QED) is 0.341. The fourth-order valence-corrected chi connectivity index (χ4v) is 5.32. The van der Waals surface area contributed by atoms with Crippen molar-refractivity contribution in [3.05, 3.63) is 87.3 Å². The summed E-state index contributed by atoms with van der Waals surface area (Å²) in [4.78, 5) is 38.8. The molecule has 2 heterocycles. The summed E-state index contributed by atoms with van der Waals surface area (Å²) in [5, 5.41) is 15.4. The normalized spacial score (nSPS) is 22.5. The minimum atomic E-state index is -1.03. The molecule has 192 valence electrons. The molecule has 0 fully saturated rings. The van der Waals surface area contributed by atoms with E-state index in [1.54, 1.807) is 0 Å². The molecule has 9 heteroatoms. The first-order chi connectivity index (χ1) is 17.7. The number of carbonyl (C=O) groups is 2. The van der Waals surface area contributed by atoms with Gasteiger partial charge in [-0.3, -0.25) is 19.7 Å². The van der Waals surface area contributed by atoms with E-state index >= 15 is 0 Å². The van der Waals surface area contributed by atoms with Crippen LogP contribution in [-0.2, 0) is 14.3 Å². The van der Waals surface area contributed by atoms with Crippen molar-refractivity contribution in [1.82, 2.24) is 5.32 Å². The van der Waals surface area contributed by atoms with Crippen molar-refractivity contribution < 1.29 is 28.7 Å². The molecule has 9 nitrogen and oxygen atoms in total. The SMILES string of the molecule is C=C1NC2=C(C(=O)CC(c3ccccc3)C2)C(c2cc3c(cc2[N+](=O)[O-])OCO3)C1C(=O)OCC(C)C. The van der Waals surface area contributed by atoms with E-state index < -0.39 is 22.7 Å². The van der Waals surface area contributed by atoms with E-state index in [9.17, 15) is 19.7 Å². The third-order valence-electron chi connectivity index (χ3n) is 6.98. The summed E-state index contributed by atoms with van der Waals surface area (Å²) >= 11 is 0. The van der Waals surface area contributed by atoms with E-state index in [4.69, 9.17) is 14.2 Å². The Morgan fingerprint density at radius 2 is 1.89 bits per heavy atom. The van der Waals surface area contributed by atoms with Crippen molar-refractivity contribution in [2.24, 2.45) is 11.8 Å². The Balaban J connectivity index is 1.65. The van der Waals surface area contributed by atoms with E-state index in [1.807, 2.05) is 44.2 Å². The van der Waals surface area contributed by atoms with E-state index in [-0.39, 0.29) is 54.4 Å². The van der Waals surface area contributed by atoms with Crippen LogP contribution >= 0.6 is 0 Å². The topological polar surface area (TPSA) is 117 Å². The molecule has 1 N–H and O–H groups in total. The van der Waals surface area contributed by atoms with Crippen LogP contribution in [0, 0.1) is 22.0 Å². The van der Waals surface area contributed by atoms with Crippen LogP contribution in [-0.4, -0.2) is 30.1 Å². The minimum Gasteiger partial charge on any atom is -0.465 e. The minimum absolute atomic E-state index is 0.0652. The van der Waals surface area contributed by atoms with Crippen LogP contribution in [0.15, 0.2) is 66.0 Å². The number of nitrogens with zero attached hydrogens (tertiary/aromatic N) is 1. The number of benzene rings is 2. The summed E-state index contributed by atoms with van der Waals surface area (Å²) in [6.45, 7) is 8.03. The number of esters is 1. The van der Waals surface area contributed by atoms with Crippen LogP contribution < -0.4 is 14.8 Å². The number of allylic oxidation sites excluding steroid dienone is 2. The molecule has 2 aromatic carbocycles. The van der Waals surface area contributed by atoms with Crippen molar-refractivity contribution in [2.75, 3.05) is 13.4 Å². The van der Waals surface area contributed by atoms with Crippen LogP contribution in [0.2, 0.25) is 0 Å². The van der Waals surface area contributed by atoms with E-state index in [0.29, 0.717) is 29.1 Å². The van der Waals surface area contributed by atoms with E-state index in [2.05, 4.69) is 11.9 Å². The number of ketones is 1. The lowest BCUT2D eigenvalue weighted by Crippen LogP contribution is -2.42. The second kappa shape index (κ2) is 9.72. The summed E-state index contributed by atoms with van der Waals surface area (Å²) in [5.41, 5.74) is 2.29. The number of nitrogens with one attached hydrogen (secondary N) is 1. The molecule has 0 amide bonds. The number of carbonyl (C=O) groups excluding carboxylic acids is 2. The zero-order chi connectivity index (χ0) is 26.3. The van der Waals surface area contributed by atoms with Gasteiger partial charge in [0.25, 0.3) is 5.69 Å². The largest absolute Gasteiger partial charge is 0.465 e. The van der Waals surface area contributed by atoms with Crippen LogP contribution in [0.4, 0.5) is 5.69 Å². The van der Waals surface area contributed by atoms with Crippen molar-refractivity contribution in [1.29, 1.82) is 0 Å². The summed E-state index contributed by atoms with van der Waals surface area (Å²) in [5.74, 6) is -2.16. The molecule has 3 atom stereocenters. The first kappa shape index (κ1) is 24.5. The first-order valence-corrected chi connectivity index (χ1v) is 12.3. The second-order valence-corrected chi connectivity index (χ2v) is 9.98. The highest BCUT2D eigenvalue weighted by Crippen LogP contribution is 2.51. The van der Waals surface area contributed by atoms with Crippen molar-refractivity contribution in [2.45, 2.75) is 38.5 Å². The maximum Gasteiger partial charge on any atom is 0.315 e. The lowest BCUT2D eigenvalue weighted by molar-refractivity contribution is -0.385. The predicted molar refractivity (Wildman–Crippen MR) is 134 cm³/mol. The third-order valence-corrected chi connectivity index (χ3v) is 6.98. The Morgan fingerprint density at radius 1 is 1.19 bits per heavy atom. The fraction of sp³-hybridized carbons (Fsp3) is 0.357. The number of fused-ring (bicyclic) bond motifs is 1. The molecule has 0 spiro atoms. The summed E-state index contributed by atoms with van der Waals surface area (Å²) in [7, 11) is 0. The Labute approximate surface area is 214 Å². The Hall–Kier alpha value is -4.14. The van der Waals surface area contributed by atoms with Gasteiger partial charge in [-0.15, -0.1) is 0 Å². The highest BCUT2D eigenvalue weighted by molar-refractivity contribution is 6.01. The van der Waals surface area contributed by atoms with Gasteiger partial charge in [0.05, 0.1) is 17.6 Å². The van der Waals surface area contributed by atoms with Gasteiger partial charge >= 0.3 is 5.97 Å². The lowest BCUT2D eigenvalue weighted by atomic mass is 9.68. The second-order valence-electron chi connectivity index (χ2n) is 9.98. The van der Waals surface area contributed by atoms with Gasteiger partial charge in [-0.05, 0) is 29.9 Å². The van der Waals surface area contributed by atoms with Crippen molar-refractivity contribution in [3.8, 4) is 11.5 Å². The fourth-order valence-electron chi connectivity index (χ4n) is 5.32. The highest BCUT2D eigenvalue weighted by Gasteiger charge is 2.48. The molecule has 2 aromatic rings. The van der Waals surface area contributed by atoms with Gasteiger partial charge in [-0.25, -0.2) is 0 Å². The number of hydrogen-bond acceptors (Lipinski definition) is 8. The van der Waals surface area contributed by atoms with Crippen molar-refractivity contribution >= 4 is 17.4 Å². The molecule has 0 saturated heterocycles. The van der Waals surface area contributed by atoms with Crippen LogP contribution in [0.5, 0.6) is 11.5 Å². The van der Waals surface area contributed by atoms with E-state index in [0.717, 1.165) is 5.56 Å². The van der Waals surface area contributed by atoms with E-state index in [1.165, 1.54) is 12.1 Å². The Bertz CT molecular complexity index is 1320. The molecule has 2 aliphatic heterocycles. The molecule has 0 bridgehead atoms. The molecule has 3 unspecified atom stereocenters. The van der Waals surface area contributed by atoms with Crippen molar-refractivity contribution in [3.63, 3.8) is 0 Å². The van der Waals surface area contributed by atoms with Gasteiger partial charge in [-0.2, -0.15) is 0 Å². The average molecular weight is 505 g/mol. The predicted octanol–water partition coefficient (Wildman–Crippen LogP) is 4.74. The van der Waals surface area contributed by atoms with Crippen LogP contribution in [0.1, 0.15) is 49.7 Å². The van der Waals surface area contributed by atoms with Crippen LogP contribution in [0.3, 0.4) is 0 Å². The monoisotopic (exact) mass is 504 g/mol. The standard InChI is InChI=1S/C28H28N2O7/c1-15(2)13-35-28(32)25-16(3)29-20-9-18(17-7-5-4-6-8-17)10-22(31)27(20)26(25)19-11-23-24(37-14-36-23)12-21(19)30(33)34/h4-8,11-12,15,18,25-26,29H,3,9-10,13-14H2,1-2H3. The van der Waals surface area contributed by atoms with Gasteiger partial charge in [0.2, 0.25) is 6.79 Å². The number of nitro benzene ring substituents is 1. The Morgan fingerprint density at radius 3 is 2.57 bits per heavy atom. The molecule has 5 rings (SSSR count). The molecular weight excluding hydrogens is 476 g/mol. The van der Waals surface area contributed by atoms with Crippen LogP contribution in [0.25, 0.3) is 0 Å². The number of Topliss-reactive ketones (excluding diaryl/α,β-unsaturated/α-hetero) is 1. The summed E-state index contributed by atoms with van der Waals surface area (Å²) < 4.78 is 16.4. The smallest absolute Gasteiger partial charge is 0.315 e. The van der Waals surface area contributed by atoms with Gasteiger partial charge in [0.15, 0.2) is 17.3 Å². The van der Waals surface area contributed by atoms with Gasteiger partial charge in [0, 0.05) is 34.9 Å². The number of hydrogen-bond donors (Lipinski definition) is 1. The first-order valence-electron chi connectivity index (χ1n) is 12.3. The third kappa shape index (κ3) is 4.57. The number of nitro groups is 1. The number of rotatable bonds is 6. The average Bonchev–Trinajstić information content (AvgIpc) is 3.33. The van der Waals surface area contributed by atoms with Gasteiger partial charge in [-0.1, -0.05) is 50.8 Å². The Kier molecular flexibility index (Phi) is 6.45. The zero-order valence-corrected chi connectivity index (χ0v) is 20.7. The molecule has 0 aromatic heterocycles. The lowest BCUT2D eigenvalue weighted by Gasteiger charge is -2.40. The maximum atomic E-state index is 13.7.